The van der Waals surface area contributed by atoms with E-state index in [2.05, 4.69) is 20.5 Å². The van der Waals surface area contributed by atoms with E-state index in [4.69, 9.17) is 16.3 Å². The molecule has 0 aliphatic heterocycles. The van der Waals surface area contributed by atoms with Gasteiger partial charge in [-0.3, -0.25) is 4.79 Å². The van der Waals surface area contributed by atoms with Gasteiger partial charge in [0.05, 0.1) is 11.6 Å². The minimum Gasteiger partial charge on any atom is -0.388 e. The Bertz CT molecular complexity index is 708. The number of aliphatic hydroxyl groups excluding tert-OH is 1. The predicted molar refractivity (Wildman–Crippen MR) is 86.9 cm³/mol. The van der Waals surface area contributed by atoms with Crippen LogP contribution < -0.4 is 5.32 Å². The molecule has 2 aromatic rings. The Balaban J connectivity index is 1.58. The summed E-state index contributed by atoms with van der Waals surface area (Å²) in [6.45, 7) is 0.971. The van der Waals surface area contributed by atoms with Crippen molar-refractivity contribution in [2.24, 2.45) is 0 Å². The van der Waals surface area contributed by atoms with Crippen LogP contribution in [0.25, 0.3) is 0 Å². The van der Waals surface area contributed by atoms with Crippen molar-refractivity contribution in [3.63, 3.8) is 0 Å². The maximum Gasteiger partial charge on any atom is 0.267 e. The number of aliphatic hydroxyl groups is 1. The Morgan fingerprint density at radius 3 is 2.96 bits per heavy atom. The summed E-state index contributed by atoms with van der Waals surface area (Å²) in [4.78, 5) is 14.9. The lowest BCUT2D eigenvalue weighted by atomic mass is 9.79. The molecule has 0 radical (unpaired) electrons. The van der Waals surface area contributed by atoms with Crippen LogP contribution in [0.4, 0.5) is 0 Å². The van der Waals surface area contributed by atoms with Gasteiger partial charge in [-0.25, -0.2) is 0 Å². The van der Waals surface area contributed by atoms with E-state index >= 15 is 0 Å². The van der Waals surface area contributed by atoms with Crippen molar-refractivity contribution >= 4 is 17.5 Å². The number of halogens is 1. The lowest BCUT2D eigenvalue weighted by Gasteiger charge is -2.35. The zero-order valence-electron chi connectivity index (χ0n) is 13.3. The van der Waals surface area contributed by atoms with Gasteiger partial charge in [0.1, 0.15) is 18.1 Å². The van der Waals surface area contributed by atoms with Gasteiger partial charge in [-0.2, -0.15) is 0 Å². The molecule has 1 saturated carbocycles. The standard InChI is InChI=1S/C15H20ClN5O3/c1-24-3-2-21-13(8-22)19-20-14(21)9-4-11(5-9)18-15(23)12-6-10(16)7-17-12/h6-7,9,11,17,22H,2-5,8H2,1H3,(H,18,23). The number of ether oxygens (including phenoxy) is 1. The quantitative estimate of drug-likeness (QED) is 0.690. The van der Waals surface area contributed by atoms with Crippen molar-refractivity contribution in [3.8, 4) is 0 Å². The SMILES string of the molecule is COCCn1c(CO)nnc1C1CC(NC(=O)c2cc(Cl)c[nH]2)C1. The minimum atomic E-state index is -0.165. The molecule has 0 bridgehead atoms. The first kappa shape index (κ1) is 16.9. The van der Waals surface area contributed by atoms with Crippen molar-refractivity contribution < 1.29 is 14.6 Å². The molecule has 1 fully saturated rings. The van der Waals surface area contributed by atoms with Gasteiger partial charge in [0, 0.05) is 31.8 Å². The lowest BCUT2D eigenvalue weighted by Crippen LogP contribution is -2.44. The van der Waals surface area contributed by atoms with Crippen molar-refractivity contribution in [2.75, 3.05) is 13.7 Å². The fourth-order valence-corrected chi connectivity index (χ4v) is 3.07. The number of H-pyrrole nitrogens is 1. The molecular formula is C15H20ClN5O3. The van der Waals surface area contributed by atoms with Gasteiger partial charge in [0.25, 0.3) is 5.91 Å². The highest BCUT2D eigenvalue weighted by Gasteiger charge is 2.35. The number of carbonyl (C=O) groups excluding carboxylic acids is 1. The number of methoxy groups -OCH3 is 1. The molecule has 0 unspecified atom stereocenters. The number of amides is 1. The predicted octanol–water partition coefficient (Wildman–Crippen LogP) is 1.07. The fraction of sp³-hybridized carbons (Fsp3) is 0.533. The number of hydrogen-bond acceptors (Lipinski definition) is 5. The van der Waals surface area contributed by atoms with Crippen LogP contribution in [-0.2, 0) is 17.9 Å². The molecule has 0 saturated heterocycles. The van der Waals surface area contributed by atoms with Crippen LogP contribution in [0.3, 0.4) is 0 Å². The number of aromatic amines is 1. The maximum absolute atomic E-state index is 12.1. The van der Waals surface area contributed by atoms with E-state index in [-0.39, 0.29) is 24.5 Å². The van der Waals surface area contributed by atoms with Crippen LogP contribution in [0.2, 0.25) is 5.02 Å². The fourth-order valence-electron chi connectivity index (χ4n) is 2.90. The van der Waals surface area contributed by atoms with Crippen molar-refractivity contribution in [1.29, 1.82) is 0 Å². The summed E-state index contributed by atoms with van der Waals surface area (Å²) in [5.41, 5.74) is 0.453. The summed E-state index contributed by atoms with van der Waals surface area (Å²) >= 11 is 5.81. The second-order valence-electron chi connectivity index (χ2n) is 5.85. The number of nitrogens with one attached hydrogen (secondary N) is 2. The average molecular weight is 354 g/mol. The smallest absolute Gasteiger partial charge is 0.267 e. The van der Waals surface area contributed by atoms with Crippen molar-refractivity contribution in [1.82, 2.24) is 25.1 Å². The molecule has 0 aromatic carbocycles. The Morgan fingerprint density at radius 2 is 2.33 bits per heavy atom. The zero-order chi connectivity index (χ0) is 17.1. The Kier molecular flexibility index (Phi) is 5.17. The number of aromatic nitrogens is 4. The highest BCUT2D eigenvalue weighted by atomic mass is 35.5. The number of hydrogen-bond donors (Lipinski definition) is 3. The summed E-state index contributed by atoms with van der Waals surface area (Å²) in [5, 5.41) is 21.1. The first-order valence-electron chi connectivity index (χ1n) is 7.79. The molecule has 1 aliphatic rings. The van der Waals surface area contributed by atoms with Gasteiger partial charge in [-0.1, -0.05) is 11.6 Å². The van der Waals surface area contributed by atoms with Crippen LogP contribution in [-0.4, -0.2) is 50.5 Å². The molecule has 0 spiro atoms. The summed E-state index contributed by atoms with van der Waals surface area (Å²) in [5.74, 6) is 1.43. The van der Waals surface area contributed by atoms with E-state index in [0.29, 0.717) is 29.7 Å². The van der Waals surface area contributed by atoms with E-state index in [1.54, 1.807) is 19.4 Å². The zero-order valence-corrected chi connectivity index (χ0v) is 14.1. The monoisotopic (exact) mass is 353 g/mol. The summed E-state index contributed by atoms with van der Waals surface area (Å²) in [6.07, 6.45) is 3.15. The Morgan fingerprint density at radius 1 is 1.54 bits per heavy atom. The molecule has 1 aliphatic carbocycles. The highest BCUT2D eigenvalue weighted by molar-refractivity contribution is 6.30. The van der Waals surface area contributed by atoms with E-state index < -0.39 is 0 Å². The molecule has 2 aromatic heterocycles. The number of carbonyl (C=O) groups is 1. The van der Waals surface area contributed by atoms with Crippen molar-refractivity contribution in [2.45, 2.75) is 38.0 Å². The van der Waals surface area contributed by atoms with Gasteiger partial charge in [0.15, 0.2) is 5.82 Å². The largest absolute Gasteiger partial charge is 0.388 e. The van der Waals surface area contributed by atoms with Gasteiger partial charge in [-0.15, -0.1) is 10.2 Å². The van der Waals surface area contributed by atoms with E-state index in [1.165, 1.54) is 0 Å². The molecule has 3 N–H and O–H groups in total. The van der Waals surface area contributed by atoms with Gasteiger partial charge < -0.3 is 24.7 Å². The summed E-state index contributed by atoms with van der Waals surface area (Å²) in [7, 11) is 1.63. The summed E-state index contributed by atoms with van der Waals surface area (Å²) < 4.78 is 7.00. The molecule has 1 amide bonds. The molecular weight excluding hydrogens is 334 g/mol. The second kappa shape index (κ2) is 7.33. The van der Waals surface area contributed by atoms with Crippen LogP contribution in [0.1, 0.15) is 40.9 Å². The molecule has 2 heterocycles. The van der Waals surface area contributed by atoms with Crippen LogP contribution >= 0.6 is 11.6 Å². The van der Waals surface area contributed by atoms with Gasteiger partial charge in [0.2, 0.25) is 0 Å². The number of rotatable bonds is 7. The summed E-state index contributed by atoms with van der Waals surface area (Å²) in [6, 6.07) is 1.69. The van der Waals surface area contributed by atoms with E-state index in [0.717, 1.165) is 18.7 Å². The van der Waals surface area contributed by atoms with E-state index in [1.807, 2.05) is 4.57 Å². The third-order valence-electron chi connectivity index (χ3n) is 4.25. The van der Waals surface area contributed by atoms with E-state index in [9.17, 15) is 9.90 Å². The normalized spacial score (nSPS) is 20.0. The molecule has 9 heteroatoms. The second-order valence-corrected chi connectivity index (χ2v) is 6.28. The van der Waals surface area contributed by atoms with Gasteiger partial charge in [-0.05, 0) is 18.9 Å². The van der Waals surface area contributed by atoms with Crippen LogP contribution in [0, 0.1) is 0 Å². The molecule has 130 valence electrons. The topological polar surface area (TPSA) is 105 Å². The minimum absolute atomic E-state index is 0.0923. The average Bonchev–Trinajstić information content (AvgIpc) is 3.14. The highest BCUT2D eigenvalue weighted by Crippen LogP contribution is 2.36. The first-order valence-corrected chi connectivity index (χ1v) is 8.16. The first-order chi connectivity index (χ1) is 11.6. The molecule has 8 nitrogen and oxygen atoms in total. The lowest BCUT2D eigenvalue weighted by molar-refractivity contribution is 0.0901. The Hall–Kier alpha value is -1.90. The third-order valence-corrected chi connectivity index (χ3v) is 4.47. The molecule has 24 heavy (non-hydrogen) atoms. The molecule has 3 rings (SSSR count). The van der Waals surface area contributed by atoms with Gasteiger partial charge >= 0.3 is 0 Å². The maximum atomic E-state index is 12.1. The molecule has 0 atom stereocenters. The van der Waals surface area contributed by atoms with Crippen molar-refractivity contribution in [3.05, 3.63) is 34.6 Å². The number of nitrogens with zero attached hydrogens (tertiary/aromatic N) is 3. The van der Waals surface area contributed by atoms with Crippen LogP contribution in [0.5, 0.6) is 0 Å². The van der Waals surface area contributed by atoms with Crippen LogP contribution in [0.15, 0.2) is 12.3 Å². The third kappa shape index (κ3) is 3.45. The Labute approximate surface area is 144 Å².